The number of nitrogens with one attached hydrogen (secondary N) is 2. The van der Waals surface area contributed by atoms with E-state index in [9.17, 15) is 0 Å². The van der Waals surface area contributed by atoms with Crippen LogP contribution in [0, 0.1) is 5.92 Å². The van der Waals surface area contributed by atoms with Gasteiger partial charge in [0, 0.05) is 51.2 Å². The number of nitrogens with zero attached hydrogens (tertiary/aromatic N) is 2. The quantitative estimate of drug-likeness (QED) is 0.812. The molecule has 2 atom stereocenters. The van der Waals surface area contributed by atoms with Gasteiger partial charge in [0.25, 0.3) is 0 Å². The lowest BCUT2D eigenvalue weighted by atomic mass is 9.94. The van der Waals surface area contributed by atoms with Crippen molar-refractivity contribution in [2.75, 3.05) is 39.8 Å². The fourth-order valence-corrected chi connectivity index (χ4v) is 2.76. The van der Waals surface area contributed by atoms with Crippen LogP contribution in [0.15, 0.2) is 24.5 Å². The minimum absolute atomic E-state index is 0.405. The molecule has 1 aromatic rings. The smallest absolute Gasteiger partial charge is 0.0356 e. The lowest BCUT2D eigenvalue weighted by Crippen LogP contribution is -2.46. The summed E-state index contributed by atoms with van der Waals surface area (Å²) >= 11 is 0. The Morgan fingerprint density at radius 3 is 2.61 bits per heavy atom. The van der Waals surface area contributed by atoms with Crippen LogP contribution in [-0.4, -0.2) is 49.7 Å². The molecular weight excluding hydrogens is 224 g/mol. The van der Waals surface area contributed by atoms with E-state index in [1.54, 1.807) is 0 Å². The van der Waals surface area contributed by atoms with E-state index < -0.39 is 0 Å². The Hall–Kier alpha value is -0.970. The summed E-state index contributed by atoms with van der Waals surface area (Å²) in [6.07, 6.45) is 3.74. The first kappa shape index (κ1) is 13.5. The lowest BCUT2D eigenvalue weighted by molar-refractivity contribution is 0.192. The minimum atomic E-state index is 0.405. The van der Waals surface area contributed by atoms with E-state index in [0.29, 0.717) is 12.0 Å². The molecule has 100 valence electrons. The van der Waals surface area contributed by atoms with Crippen LogP contribution in [0.5, 0.6) is 0 Å². The highest BCUT2D eigenvalue weighted by Gasteiger charge is 2.20. The van der Waals surface area contributed by atoms with Crippen LogP contribution < -0.4 is 10.6 Å². The number of pyridine rings is 1. The standard InChI is InChI=1S/C14H24N4/c1-12(11-18-9-7-17-8-10-18)14(15-2)13-3-5-16-6-4-13/h3-6,12,14-15,17H,7-11H2,1-2H3. The molecule has 1 saturated heterocycles. The van der Waals surface area contributed by atoms with E-state index >= 15 is 0 Å². The average molecular weight is 248 g/mol. The van der Waals surface area contributed by atoms with Gasteiger partial charge in [-0.15, -0.1) is 0 Å². The van der Waals surface area contributed by atoms with Gasteiger partial charge >= 0.3 is 0 Å². The molecular formula is C14H24N4. The number of hydrogen-bond donors (Lipinski definition) is 2. The van der Waals surface area contributed by atoms with E-state index in [1.165, 1.54) is 5.56 Å². The largest absolute Gasteiger partial charge is 0.314 e. The number of hydrogen-bond acceptors (Lipinski definition) is 4. The van der Waals surface area contributed by atoms with Gasteiger partial charge in [0.15, 0.2) is 0 Å². The molecule has 1 aliphatic heterocycles. The van der Waals surface area contributed by atoms with E-state index in [1.807, 2.05) is 19.4 Å². The van der Waals surface area contributed by atoms with Crippen molar-refractivity contribution in [2.24, 2.45) is 5.92 Å². The highest BCUT2D eigenvalue weighted by molar-refractivity contribution is 5.15. The SMILES string of the molecule is CNC(c1ccncc1)C(C)CN1CCNCC1. The molecule has 0 bridgehead atoms. The summed E-state index contributed by atoms with van der Waals surface area (Å²) in [5, 5.41) is 6.83. The van der Waals surface area contributed by atoms with Gasteiger partial charge in [0.2, 0.25) is 0 Å². The van der Waals surface area contributed by atoms with Gasteiger partial charge in [-0.2, -0.15) is 0 Å². The Morgan fingerprint density at radius 2 is 2.00 bits per heavy atom. The molecule has 1 aliphatic rings. The molecule has 0 aromatic carbocycles. The van der Waals surface area contributed by atoms with Crippen molar-refractivity contribution in [3.8, 4) is 0 Å². The van der Waals surface area contributed by atoms with Crippen LogP contribution in [0.25, 0.3) is 0 Å². The third kappa shape index (κ3) is 3.51. The molecule has 2 rings (SSSR count). The molecule has 0 aliphatic carbocycles. The van der Waals surface area contributed by atoms with Crippen molar-refractivity contribution in [1.82, 2.24) is 20.5 Å². The Balaban J connectivity index is 1.94. The Bertz CT molecular complexity index is 335. The van der Waals surface area contributed by atoms with Crippen LogP contribution in [0.1, 0.15) is 18.5 Å². The Kier molecular flexibility index (Phi) is 5.11. The van der Waals surface area contributed by atoms with Crippen molar-refractivity contribution < 1.29 is 0 Å². The maximum Gasteiger partial charge on any atom is 0.0356 e. The summed E-state index contributed by atoms with van der Waals surface area (Å²) in [5.41, 5.74) is 1.33. The zero-order chi connectivity index (χ0) is 12.8. The third-order valence-electron chi connectivity index (χ3n) is 3.70. The maximum atomic E-state index is 4.09. The van der Waals surface area contributed by atoms with E-state index in [-0.39, 0.29) is 0 Å². The summed E-state index contributed by atoms with van der Waals surface area (Å²) in [5.74, 6) is 0.593. The van der Waals surface area contributed by atoms with Crippen molar-refractivity contribution in [2.45, 2.75) is 13.0 Å². The second-order valence-electron chi connectivity index (χ2n) is 5.07. The van der Waals surface area contributed by atoms with Gasteiger partial charge in [-0.05, 0) is 30.7 Å². The third-order valence-corrected chi connectivity index (χ3v) is 3.70. The van der Waals surface area contributed by atoms with Gasteiger partial charge in [-0.25, -0.2) is 0 Å². The molecule has 4 heteroatoms. The first-order valence-electron chi connectivity index (χ1n) is 6.81. The summed E-state index contributed by atoms with van der Waals surface area (Å²) in [7, 11) is 2.04. The molecule has 2 N–H and O–H groups in total. The highest BCUT2D eigenvalue weighted by atomic mass is 15.2. The lowest BCUT2D eigenvalue weighted by Gasteiger charge is -2.33. The minimum Gasteiger partial charge on any atom is -0.314 e. The van der Waals surface area contributed by atoms with Crippen LogP contribution >= 0.6 is 0 Å². The first-order chi connectivity index (χ1) is 8.81. The predicted octanol–water partition coefficient (Wildman–Crippen LogP) is 0.883. The fourth-order valence-electron chi connectivity index (χ4n) is 2.76. The molecule has 1 aromatic heterocycles. The average Bonchev–Trinajstić information content (AvgIpc) is 2.42. The van der Waals surface area contributed by atoms with Gasteiger partial charge < -0.3 is 15.5 Å². The van der Waals surface area contributed by atoms with Crippen molar-refractivity contribution >= 4 is 0 Å². The second-order valence-corrected chi connectivity index (χ2v) is 5.07. The van der Waals surface area contributed by atoms with Gasteiger partial charge in [0.1, 0.15) is 0 Å². The zero-order valence-corrected chi connectivity index (χ0v) is 11.4. The normalized spacial score (nSPS) is 20.6. The van der Waals surface area contributed by atoms with Crippen LogP contribution in [0.3, 0.4) is 0 Å². The topological polar surface area (TPSA) is 40.2 Å². The Labute approximate surface area is 110 Å². The zero-order valence-electron chi connectivity index (χ0n) is 11.4. The van der Waals surface area contributed by atoms with Crippen molar-refractivity contribution in [1.29, 1.82) is 0 Å². The molecule has 0 amide bonds. The number of aromatic nitrogens is 1. The molecule has 18 heavy (non-hydrogen) atoms. The van der Waals surface area contributed by atoms with Gasteiger partial charge in [-0.1, -0.05) is 6.92 Å². The molecule has 0 saturated carbocycles. The van der Waals surface area contributed by atoms with Gasteiger partial charge in [0.05, 0.1) is 0 Å². The predicted molar refractivity (Wildman–Crippen MR) is 74.5 cm³/mol. The van der Waals surface area contributed by atoms with E-state index in [2.05, 4.69) is 39.6 Å². The molecule has 0 radical (unpaired) electrons. The molecule has 2 unspecified atom stereocenters. The van der Waals surface area contributed by atoms with E-state index in [4.69, 9.17) is 0 Å². The maximum absolute atomic E-state index is 4.09. The van der Waals surface area contributed by atoms with Crippen molar-refractivity contribution in [3.05, 3.63) is 30.1 Å². The molecule has 2 heterocycles. The van der Waals surface area contributed by atoms with Crippen LogP contribution in [0.4, 0.5) is 0 Å². The Morgan fingerprint density at radius 1 is 1.33 bits per heavy atom. The summed E-state index contributed by atoms with van der Waals surface area (Å²) in [4.78, 5) is 6.64. The first-order valence-corrected chi connectivity index (χ1v) is 6.81. The molecule has 4 nitrogen and oxygen atoms in total. The second kappa shape index (κ2) is 6.83. The highest BCUT2D eigenvalue weighted by Crippen LogP contribution is 2.21. The van der Waals surface area contributed by atoms with Crippen molar-refractivity contribution in [3.63, 3.8) is 0 Å². The summed E-state index contributed by atoms with van der Waals surface area (Å²) in [6.45, 7) is 8.03. The van der Waals surface area contributed by atoms with Crippen LogP contribution in [0.2, 0.25) is 0 Å². The monoisotopic (exact) mass is 248 g/mol. The molecule has 1 fully saturated rings. The summed E-state index contributed by atoms with van der Waals surface area (Å²) < 4.78 is 0. The number of rotatable bonds is 5. The van der Waals surface area contributed by atoms with Gasteiger partial charge in [-0.3, -0.25) is 4.98 Å². The molecule has 0 spiro atoms. The van der Waals surface area contributed by atoms with E-state index in [0.717, 1.165) is 32.7 Å². The number of piperazine rings is 1. The fraction of sp³-hybridized carbons (Fsp3) is 0.643. The van der Waals surface area contributed by atoms with Crippen LogP contribution in [-0.2, 0) is 0 Å². The summed E-state index contributed by atoms with van der Waals surface area (Å²) in [6, 6.07) is 4.62.